The first-order valence-electron chi connectivity index (χ1n) is 9.46. The summed E-state index contributed by atoms with van der Waals surface area (Å²) in [5.41, 5.74) is 0.592. The van der Waals surface area contributed by atoms with Crippen molar-refractivity contribution in [3.05, 3.63) is 29.3 Å². The van der Waals surface area contributed by atoms with E-state index in [1.54, 1.807) is 17.0 Å². The van der Waals surface area contributed by atoms with Gasteiger partial charge in [0, 0.05) is 31.2 Å². The van der Waals surface area contributed by atoms with Crippen molar-refractivity contribution in [1.82, 2.24) is 4.90 Å². The van der Waals surface area contributed by atoms with Crippen LogP contribution in [0.25, 0.3) is 0 Å². The number of aliphatic hydroxyl groups is 2. The molecule has 1 heterocycles. The topological polar surface area (TPSA) is 96.3 Å². The lowest BCUT2D eigenvalue weighted by atomic mass is 9.86. The van der Waals surface area contributed by atoms with E-state index in [-0.39, 0.29) is 30.5 Å². The molecule has 1 aliphatic carbocycles. The van der Waals surface area contributed by atoms with Crippen molar-refractivity contribution < 1.29 is 29.3 Å². The Hall–Kier alpha value is -2.12. The molecular weight excluding hydrogens is 350 g/mol. The smallest absolute Gasteiger partial charge is 0.338 e. The zero-order chi connectivity index (χ0) is 19.4. The fraction of sp³-hybridized carbons (Fsp3) is 0.600. The summed E-state index contributed by atoms with van der Waals surface area (Å²) in [7, 11) is 1.29. The van der Waals surface area contributed by atoms with Gasteiger partial charge in [0.05, 0.1) is 25.4 Å². The second-order valence-electron chi connectivity index (χ2n) is 7.40. The van der Waals surface area contributed by atoms with Gasteiger partial charge in [0.2, 0.25) is 0 Å². The minimum absolute atomic E-state index is 0.0970. The molecule has 1 amide bonds. The lowest BCUT2D eigenvalue weighted by Crippen LogP contribution is -2.47. The number of amides is 1. The second kappa shape index (κ2) is 8.71. The average molecular weight is 377 g/mol. The molecule has 27 heavy (non-hydrogen) atoms. The molecular formula is C20H27NO6. The van der Waals surface area contributed by atoms with Gasteiger partial charge in [-0.05, 0) is 43.4 Å². The van der Waals surface area contributed by atoms with Gasteiger partial charge in [0.25, 0.3) is 5.91 Å². The number of carbonyl (C=O) groups excluding carboxylic acids is 2. The van der Waals surface area contributed by atoms with Crippen LogP contribution in [0.1, 0.15) is 46.4 Å². The Morgan fingerprint density at radius 2 is 1.93 bits per heavy atom. The van der Waals surface area contributed by atoms with Crippen molar-refractivity contribution in [3.8, 4) is 5.75 Å². The van der Waals surface area contributed by atoms with Crippen LogP contribution in [0.4, 0.5) is 0 Å². The van der Waals surface area contributed by atoms with Gasteiger partial charge in [-0.15, -0.1) is 0 Å². The Balaban J connectivity index is 1.77. The third-order valence-electron chi connectivity index (χ3n) is 5.53. The molecule has 0 spiro atoms. The Morgan fingerprint density at radius 3 is 2.52 bits per heavy atom. The first kappa shape index (κ1) is 19.6. The van der Waals surface area contributed by atoms with Gasteiger partial charge < -0.3 is 24.6 Å². The molecule has 3 rings (SSSR count). The second-order valence-corrected chi connectivity index (χ2v) is 7.40. The summed E-state index contributed by atoms with van der Waals surface area (Å²) in [5.74, 6) is -0.0174. The first-order valence-corrected chi connectivity index (χ1v) is 9.46. The highest BCUT2D eigenvalue weighted by Gasteiger charge is 2.30. The quantitative estimate of drug-likeness (QED) is 0.729. The number of nitrogens with zero attached hydrogens (tertiary/aromatic N) is 1. The third kappa shape index (κ3) is 4.59. The number of methoxy groups -OCH3 is 1. The lowest BCUT2D eigenvalue weighted by Gasteiger charge is -2.35. The third-order valence-corrected chi connectivity index (χ3v) is 5.53. The number of hydrogen-bond acceptors (Lipinski definition) is 6. The van der Waals surface area contributed by atoms with Crippen LogP contribution in [-0.2, 0) is 4.74 Å². The molecule has 1 saturated carbocycles. The summed E-state index contributed by atoms with van der Waals surface area (Å²) < 4.78 is 10.6. The minimum Gasteiger partial charge on any atom is -0.493 e. The summed E-state index contributed by atoms with van der Waals surface area (Å²) in [6.45, 7) is 1.08. The number of aliphatic hydroxyl groups excluding tert-OH is 2. The van der Waals surface area contributed by atoms with Gasteiger partial charge >= 0.3 is 5.97 Å². The van der Waals surface area contributed by atoms with Crippen LogP contribution in [0.3, 0.4) is 0 Å². The summed E-state index contributed by atoms with van der Waals surface area (Å²) in [5, 5.41) is 19.4. The molecule has 0 aromatic heterocycles. The Morgan fingerprint density at radius 1 is 1.19 bits per heavy atom. The zero-order valence-corrected chi connectivity index (χ0v) is 15.6. The van der Waals surface area contributed by atoms with Crippen LogP contribution in [0.15, 0.2) is 18.2 Å². The predicted molar refractivity (Wildman–Crippen MR) is 97.7 cm³/mol. The molecule has 7 nitrogen and oxygen atoms in total. The van der Waals surface area contributed by atoms with E-state index in [9.17, 15) is 19.8 Å². The lowest BCUT2D eigenvalue weighted by molar-refractivity contribution is 0.000856. The summed E-state index contributed by atoms with van der Waals surface area (Å²) in [6.07, 6.45) is 3.27. The molecule has 7 heteroatoms. The van der Waals surface area contributed by atoms with E-state index in [0.29, 0.717) is 36.8 Å². The van der Waals surface area contributed by atoms with Crippen LogP contribution >= 0.6 is 0 Å². The van der Waals surface area contributed by atoms with Crippen molar-refractivity contribution in [1.29, 1.82) is 0 Å². The molecule has 1 aromatic rings. The number of carbonyl (C=O) groups is 2. The van der Waals surface area contributed by atoms with Crippen LogP contribution in [0.5, 0.6) is 5.75 Å². The number of likely N-dealkylation sites (tertiary alicyclic amines) is 1. The standard InChI is InChI=1S/C20H27NO6/c1-26-20(25)16-7-15(8-17(9-16)27-12-13-3-2-4-13)19(24)21-6-5-14(11-22)18(23)10-21/h7-9,13-14,18,22-23H,2-6,10-12H2,1H3/t14-,18-/m1/s1. The molecule has 0 unspecified atom stereocenters. The van der Waals surface area contributed by atoms with Crippen molar-refractivity contribution in [2.75, 3.05) is 33.4 Å². The van der Waals surface area contributed by atoms with Gasteiger partial charge in [-0.3, -0.25) is 4.79 Å². The molecule has 1 aliphatic heterocycles. The summed E-state index contributed by atoms with van der Waals surface area (Å²) in [6, 6.07) is 4.72. The highest BCUT2D eigenvalue weighted by molar-refractivity contribution is 5.98. The van der Waals surface area contributed by atoms with Crippen LogP contribution in [0, 0.1) is 11.8 Å². The largest absolute Gasteiger partial charge is 0.493 e. The van der Waals surface area contributed by atoms with Crippen molar-refractivity contribution in [2.45, 2.75) is 31.8 Å². The van der Waals surface area contributed by atoms with E-state index in [1.807, 2.05) is 0 Å². The van der Waals surface area contributed by atoms with Gasteiger partial charge in [-0.2, -0.15) is 0 Å². The first-order chi connectivity index (χ1) is 13.0. The molecule has 2 fully saturated rings. The SMILES string of the molecule is COC(=O)c1cc(OCC2CCC2)cc(C(=O)N2CC[C@H](CO)[C@H](O)C2)c1. The van der Waals surface area contributed by atoms with Crippen molar-refractivity contribution >= 4 is 11.9 Å². The molecule has 2 atom stereocenters. The number of esters is 1. The highest BCUT2D eigenvalue weighted by Crippen LogP contribution is 2.28. The number of piperidine rings is 1. The van der Waals surface area contributed by atoms with Crippen LogP contribution in [0.2, 0.25) is 0 Å². The minimum atomic E-state index is -0.758. The molecule has 1 saturated heterocycles. The number of hydrogen-bond donors (Lipinski definition) is 2. The molecule has 2 N–H and O–H groups in total. The van der Waals surface area contributed by atoms with Crippen molar-refractivity contribution in [3.63, 3.8) is 0 Å². The molecule has 0 radical (unpaired) electrons. The Labute approximate surface area is 158 Å². The Kier molecular flexibility index (Phi) is 6.34. The maximum absolute atomic E-state index is 12.9. The molecule has 148 valence electrons. The van der Waals surface area contributed by atoms with Crippen LogP contribution in [-0.4, -0.2) is 66.5 Å². The molecule has 0 bridgehead atoms. The number of benzene rings is 1. The van der Waals surface area contributed by atoms with E-state index < -0.39 is 12.1 Å². The van der Waals surface area contributed by atoms with E-state index in [0.717, 1.165) is 12.8 Å². The normalized spacial score (nSPS) is 22.9. The van der Waals surface area contributed by atoms with E-state index in [1.165, 1.54) is 19.6 Å². The van der Waals surface area contributed by atoms with Crippen LogP contribution < -0.4 is 4.74 Å². The average Bonchev–Trinajstić information content (AvgIpc) is 2.65. The van der Waals surface area contributed by atoms with Gasteiger partial charge in [0.1, 0.15) is 5.75 Å². The van der Waals surface area contributed by atoms with Crippen molar-refractivity contribution in [2.24, 2.45) is 11.8 Å². The highest BCUT2D eigenvalue weighted by atomic mass is 16.5. The number of rotatable bonds is 6. The zero-order valence-electron chi connectivity index (χ0n) is 15.6. The van der Waals surface area contributed by atoms with E-state index in [4.69, 9.17) is 9.47 Å². The van der Waals surface area contributed by atoms with E-state index >= 15 is 0 Å². The summed E-state index contributed by atoms with van der Waals surface area (Å²) >= 11 is 0. The Bertz CT molecular complexity index is 687. The van der Waals surface area contributed by atoms with E-state index in [2.05, 4.69) is 0 Å². The predicted octanol–water partition coefficient (Wildman–Crippen LogP) is 1.47. The molecule has 2 aliphatic rings. The number of ether oxygens (including phenoxy) is 2. The van der Waals surface area contributed by atoms with Gasteiger partial charge in [0.15, 0.2) is 0 Å². The molecule has 1 aromatic carbocycles. The van der Waals surface area contributed by atoms with Gasteiger partial charge in [-0.1, -0.05) is 6.42 Å². The fourth-order valence-electron chi connectivity index (χ4n) is 3.48. The monoisotopic (exact) mass is 377 g/mol. The fourth-order valence-corrected chi connectivity index (χ4v) is 3.48. The van der Waals surface area contributed by atoms with Gasteiger partial charge in [-0.25, -0.2) is 4.79 Å². The maximum Gasteiger partial charge on any atom is 0.338 e. The summed E-state index contributed by atoms with van der Waals surface area (Å²) in [4.78, 5) is 26.4. The number of β-amino-alcohol motifs (C(OH)–C–C–N with tert-alkyl or cyclic N) is 1. The maximum atomic E-state index is 12.9.